The molecule has 0 bridgehead atoms. The highest BCUT2D eigenvalue weighted by Crippen LogP contribution is 2.33. The lowest BCUT2D eigenvalue weighted by atomic mass is 9.96. The predicted molar refractivity (Wildman–Crippen MR) is 104 cm³/mol. The summed E-state index contributed by atoms with van der Waals surface area (Å²) in [5.74, 6) is 1.40. The van der Waals surface area contributed by atoms with Gasteiger partial charge in [-0.05, 0) is 67.6 Å². The number of aryl methyl sites for hydroxylation is 1. The van der Waals surface area contributed by atoms with E-state index in [9.17, 15) is 0 Å². The van der Waals surface area contributed by atoms with Gasteiger partial charge in [0, 0.05) is 11.6 Å². The van der Waals surface area contributed by atoms with Crippen molar-refractivity contribution < 1.29 is 4.74 Å². The number of nitrogens with zero attached hydrogens (tertiary/aromatic N) is 1. The average Bonchev–Trinajstić information content (AvgIpc) is 3.14. The van der Waals surface area contributed by atoms with E-state index in [1.165, 1.54) is 36.8 Å². The van der Waals surface area contributed by atoms with Crippen molar-refractivity contribution in [2.45, 2.75) is 51.5 Å². The van der Waals surface area contributed by atoms with E-state index in [1.807, 2.05) is 12.1 Å². The normalized spacial score (nSPS) is 14.8. The van der Waals surface area contributed by atoms with Crippen LogP contribution in [-0.2, 0) is 12.8 Å². The number of ether oxygens (including phenoxy) is 1. The zero-order valence-electron chi connectivity index (χ0n) is 15.3. The number of nitrogens with one attached hydrogen (secondary N) is 1. The molecule has 1 aliphatic carbocycles. The van der Waals surface area contributed by atoms with E-state index in [2.05, 4.69) is 29.4 Å². The summed E-state index contributed by atoms with van der Waals surface area (Å²) in [5, 5.41) is 3.70. The van der Waals surface area contributed by atoms with Crippen molar-refractivity contribution in [1.82, 2.24) is 10.3 Å². The molecule has 0 saturated heterocycles. The maximum atomic E-state index is 5.85. The van der Waals surface area contributed by atoms with Gasteiger partial charge in [0.05, 0.1) is 12.8 Å². The number of benzene rings is 1. The summed E-state index contributed by atoms with van der Waals surface area (Å²) < 4.78 is 5.66. The van der Waals surface area contributed by atoms with Gasteiger partial charge in [-0.15, -0.1) is 0 Å². The maximum absolute atomic E-state index is 5.85. The van der Waals surface area contributed by atoms with Gasteiger partial charge in [-0.1, -0.05) is 25.8 Å². The first-order valence-electron chi connectivity index (χ1n) is 9.37. The molecule has 1 heterocycles. The Morgan fingerprint density at radius 3 is 2.68 bits per heavy atom. The maximum Gasteiger partial charge on any atom is 0.128 e. The smallest absolute Gasteiger partial charge is 0.128 e. The molecule has 0 atom stereocenters. The molecule has 0 amide bonds. The number of anilines is 1. The van der Waals surface area contributed by atoms with Crippen LogP contribution in [0.2, 0.25) is 0 Å². The van der Waals surface area contributed by atoms with Crippen LogP contribution in [0.3, 0.4) is 0 Å². The van der Waals surface area contributed by atoms with Crippen molar-refractivity contribution in [1.29, 1.82) is 0 Å². The minimum atomic E-state index is 0.530. The van der Waals surface area contributed by atoms with Gasteiger partial charge >= 0.3 is 0 Å². The van der Waals surface area contributed by atoms with Gasteiger partial charge in [-0.3, -0.25) is 0 Å². The topological polar surface area (TPSA) is 60.2 Å². The molecule has 0 radical (unpaired) electrons. The molecule has 1 aromatic heterocycles. The highest BCUT2D eigenvalue weighted by molar-refractivity contribution is 5.70. The van der Waals surface area contributed by atoms with E-state index in [0.29, 0.717) is 11.9 Å². The van der Waals surface area contributed by atoms with Gasteiger partial charge in [-0.25, -0.2) is 4.98 Å². The lowest BCUT2D eigenvalue weighted by Crippen LogP contribution is -2.28. The molecule has 2 aromatic rings. The molecule has 4 nitrogen and oxygen atoms in total. The highest BCUT2D eigenvalue weighted by atomic mass is 16.5. The second-order valence-electron chi connectivity index (χ2n) is 6.81. The van der Waals surface area contributed by atoms with Gasteiger partial charge < -0.3 is 15.8 Å². The van der Waals surface area contributed by atoms with Crippen molar-refractivity contribution in [3.63, 3.8) is 0 Å². The fourth-order valence-corrected chi connectivity index (χ4v) is 3.74. The molecule has 1 aliphatic rings. The molecule has 25 heavy (non-hydrogen) atoms. The minimum absolute atomic E-state index is 0.530. The summed E-state index contributed by atoms with van der Waals surface area (Å²) in [6, 6.07) is 10.8. The number of aromatic nitrogens is 1. The lowest BCUT2D eigenvalue weighted by Gasteiger charge is -2.17. The van der Waals surface area contributed by atoms with Crippen LogP contribution in [-0.4, -0.2) is 24.7 Å². The SMILES string of the molecule is CCc1cc(-c2cccc(N)n2)c(OC)cc1CCNC1CCCC1. The van der Waals surface area contributed by atoms with E-state index < -0.39 is 0 Å². The quantitative estimate of drug-likeness (QED) is 0.801. The molecule has 1 fully saturated rings. The Kier molecular flexibility index (Phi) is 5.92. The number of methoxy groups -OCH3 is 1. The van der Waals surface area contributed by atoms with Gasteiger partial charge in [0.2, 0.25) is 0 Å². The van der Waals surface area contributed by atoms with Crippen molar-refractivity contribution in [3.8, 4) is 17.0 Å². The molecule has 134 valence electrons. The Morgan fingerprint density at radius 2 is 2.00 bits per heavy atom. The van der Waals surface area contributed by atoms with E-state index >= 15 is 0 Å². The fourth-order valence-electron chi connectivity index (χ4n) is 3.74. The Morgan fingerprint density at radius 1 is 1.20 bits per heavy atom. The van der Waals surface area contributed by atoms with Crippen LogP contribution < -0.4 is 15.8 Å². The number of nitrogen functional groups attached to an aromatic ring is 1. The monoisotopic (exact) mass is 339 g/mol. The lowest BCUT2D eigenvalue weighted by molar-refractivity contribution is 0.415. The van der Waals surface area contributed by atoms with E-state index in [-0.39, 0.29) is 0 Å². The first-order valence-corrected chi connectivity index (χ1v) is 9.37. The van der Waals surface area contributed by atoms with E-state index in [1.54, 1.807) is 13.2 Å². The molecular formula is C21H29N3O. The zero-order valence-corrected chi connectivity index (χ0v) is 15.3. The molecule has 1 aromatic carbocycles. The number of nitrogens with two attached hydrogens (primary N) is 1. The Bertz CT molecular complexity index is 708. The minimum Gasteiger partial charge on any atom is -0.496 e. The predicted octanol–water partition coefficient (Wildman–Crippen LogP) is 3.98. The van der Waals surface area contributed by atoms with Crippen molar-refractivity contribution in [2.75, 3.05) is 19.4 Å². The summed E-state index contributed by atoms with van der Waals surface area (Å²) in [5.41, 5.74) is 10.4. The van der Waals surface area contributed by atoms with Gasteiger partial charge in [0.1, 0.15) is 11.6 Å². The zero-order chi connectivity index (χ0) is 17.6. The molecule has 0 spiro atoms. The average molecular weight is 339 g/mol. The second-order valence-corrected chi connectivity index (χ2v) is 6.81. The molecule has 0 aliphatic heterocycles. The first kappa shape index (κ1) is 17.7. The van der Waals surface area contributed by atoms with Crippen LogP contribution in [0.1, 0.15) is 43.7 Å². The van der Waals surface area contributed by atoms with Gasteiger partial charge in [0.25, 0.3) is 0 Å². The molecule has 4 heteroatoms. The first-order chi connectivity index (χ1) is 12.2. The molecular weight excluding hydrogens is 310 g/mol. The number of rotatable bonds is 7. The third-order valence-electron chi connectivity index (χ3n) is 5.13. The highest BCUT2D eigenvalue weighted by Gasteiger charge is 2.15. The second kappa shape index (κ2) is 8.34. The standard InChI is InChI=1S/C21H29N3O/c1-3-15-13-18(19-9-6-10-21(22)24-19)20(25-2)14-16(15)11-12-23-17-7-4-5-8-17/h6,9-10,13-14,17,23H,3-5,7-8,11-12H2,1-2H3,(H2,22,24). The van der Waals surface area contributed by atoms with Crippen LogP contribution in [0, 0.1) is 0 Å². The van der Waals surface area contributed by atoms with Crippen LogP contribution in [0.5, 0.6) is 5.75 Å². The van der Waals surface area contributed by atoms with Crippen LogP contribution in [0.25, 0.3) is 11.3 Å². The van der Waals surface area contributed by atoms with Crippen LogP contribution in [0.4, 0.5) is 5.82 Å². The van der Waals surface area contributed by atoms with E-state index in [0.717, 1.165) is 36.4 Å². The third-order valence-corrected chi connectivity index (χ3v) is 5.13. The Balaban J connectivity index is 1.81. The number of hydrogen-bond donors (Lipinski definition) is 2. The summed E-state index contributed by atoms with van der Waals surface area (Å²) >= 11 is 0. The number of pyridine rings is 1. The van der Waals surface area contributed by atoms with Crippen LogP contribution in [0.15, 0.2) is 30.3 Å². The van der Waals surface area contributed by atoms with E-state index in [4.69, 9.17) is 10.5 Å². The molecule has 3 rings (SSSR count). The molecule has 0 unspecified atom stereocenters. The Labute approximate surface area is 150 Å². The summed E-state index contributed by atoms with van der Waals surface area (Å²) in [7, 11) is 1.72. The fraction of sp³-hybridized carbons (Fsp3) is 0.476. The van der Waals surface area contributed by atoms with Gasteiger partial charge in [-0.2, -0.15) is 0 Å². The Hall–Kier alpha value is -2.07. The molecule has 1 saturated carbocycles. The summed E-state index contributed by atoms with van der Waals surface area (Å²) in [6.07, 6.45) is 7.41. The third kappa shape index (κ3) is 4.31. The van der Waals surface area contributed by atoms with Crippen LogP contribution >= 0.6 is 0 Å². The summed E-state index contributed by atoms with van der Waals surface area (Å²) in [6.45, 7) is 3.23. The summed E-state index contributed by atoms with van der Waals surface area (Å²) in [4.78, 5) is 4.46. The van der Waals surface area contributed by atoms with Crippen molar-refractivity contribution in [3.05, 3.63) is 41.5 Å². The van der Waals surface area contributed by atoms with Gasteiger partial charge in [0.15, 0.2) is 0 Å². The molecule has 3 N–H and O–H groups in total. The van der Waals surface area contributed by atoms with Crippen molar-refractivity contribution >= 4 is 5.82 Å². The number of hydrogen-bond acceptors (Lipinski definition) is 4. The van der Waals surface area contributed by atoms with Crippen molar-refractivity contribution in [2.24, 2.45) is 0 Å². The largest absolute Gasteiger partial charge is 0.496 e.